The van der Waals surface area contributed by atoms with E-state index in [0.29, 0.717) is 5.69 Å². The topological polar surface area (TPSA) is 87.7 Å². The van der Waals surface area contributed by atoms with Gasteiger partial charge in [-0.15, -0.1) is 0 Å². The van der Waals surface area contributed by atoms with E-state index in [1.54, 1.807) is 18.2 Å². The van der Waals surface area contributed by atoms with Gasteiger partial charge in [-0.25, -0.2) is 0 Å². The smallest absolute Gasteiger partial charge is 0.313 e. The number of aliphatic hydroxyl groups excluding tert-OH is 1. The first kappa shape index (κ1) is 16.6. The van der Waals surface area contributed by atoms with Gasteiger partial charge in [0.2, 0.25) is 0 Å². The van der Waals surface area contributed by atoms with Crippen LogP contribution >= 0.6 is 15.9 Å². The number of anilines is 1. The number of amides is 2. The van der Waals surface area contributed by atoms with Gasteiger partial charge in [-0.05, 0) is 30.7 Å². The molecule has 20 heavy (non-hydrogen) atoms. The summed E-state index contributed by atoms with van der Waals surface area (Å²) in [6, 6.07) is 5.26. The van der Waals surface area contributed by atoms with Gasteiger partial charge in [0.05, 0.1) is 19.8 Å². The zero-order chi connectivity index (χ0) is 15.0. The van der Waals surface area contributed by atoms with Gasteiger partial charge in [0.1, 0.15) is 0 Å². The Morgan fingerprint density at radius 1 is 1.30 bits per heavy atom. The van der Waals surface area contributed by atoms with Crippen molar-refractivity contribution in [3.63, 3.8) is 0 Å². The molecule has 7 heteroatoms. The van der Waals surface area contributed by atoms with Gasteiger partial charge in [-0.2, -0.15) is 0 Å². The van der Waals surface area contributed by atoms with Gasteiger partial charge in [0.25, 0.3) is 0 Å². The lowest BCUT2D eigenvalue weighted by Crippen LogP contribution is -2.37. The SMILES string of the molecule is Cc1cc(NC(=O)C(=O)NCCOCCO)ccc1Br. The first-order valence-electron chi connectivity index (χ1n) is 6.08. The van der Waals surface area contributed by atoms with E-state index >= 15 is 0 Å². The molecule has 0 radical (unpaired) electrons. The lowest BCUT2D eigenvalue weighted by Gasteiger charge is -2.08. The van der Waals surface area contributed by atoms with E-state index in [1.807, 2.05) is 6.92 Å². The highest BCUT2D eigenvalue weighted by Gasteiger charge is 2.13. The number of ether oxygens (including phenoxy) is 1. The Labute approximate surface area is 125 Å². The first-order chi connectivity index (χ1) is 9.54. The summed E-state index contributed by atoms with van der Waals surface area (Å²) in [5.41, 5.74) is 1.52. The van der Waals surface area contributed by atoms with Gasteiger partial charge in [-0.3, -0.25) is 9.59 Å². The van der Waals surface area contributed by atoms with Crippen molar-refractivity contribution < 1.29 is 19.4 Å². The van der Waals surface area contributed by atoms with Crippen LogP contribution < -0.4 is 10.6 Å². The van der Waals surface area contributed by atoms with Crippen LogP contribution in [0.25, 0.3) is 0 Å². The summed E-state index contributed by atoms with van der Waals surface area (Å²) in [7, 11) is 0. The van der Waals surface area contributed by atoms with Crippen molar-refractivity contribution in [2.45, 2.75) is 6.92 Å². The summed E-state index contributed by atoms with van der Waals surface area (Å²) >= 11 is 3.36. The van der Waals surface area contributed by atoms with Gasteiger partial charge < -0.3 is 20.5 Å². The van der Waals surface area contributed by atoms with Crippen LogP contribution in [-0.4, -0.2) is 43.3 Å². The minimum Gasteiger partial charge on any atom is -0.394 e. The summed E-state index contributed by atoms with van der Waals surface area (Å²) < 4.78 is 5.89. The zero-order valence-corrected chi connectivity index (χ0v) is 12.7. The van der Waals surface area contributed by atoms with Gasteiger partial charge in [0.15, 0.2) is 0 Å². The lowest BCUT2D eigenvalue weighted by molar-refractivity contribution is -0.136. The molecular weight excluding hydrogens is 328 g/mol. The third kappa shape index (κ3) is 5.68. The van der Waals surface area contributed by atoms with Crippen molar-refractivity contribution in [3.8, 4) is 0 Å². The molecular formula is C13H17BrN2O4. The Bertz CT molecular complexity index is 479. The summed E-state index contributed by atoms with van der Waals surface area (Å²) in [4.78, 5) is 23.1. The van der Waals surface area contributed by atoms with Crippen molar-refractivity contribution in [2.75, 3.05) is 31.7 Å². The second-order valence-electron chi connectivity index (χ2n) is 4.01. The molecule has 0 aliphatic carbocycles. The number of halogens is 1. The lowest BCUT2D eigenvalue weighted by atomic mass is 10.2. The number of aliphatic hydroxyl groups is 1. The molecule has 110 valence electrons. The molecule has 0 aromatic heterocycles. The molecule has 0 heterocycles. The number of nitrogens with one attached hydrogen (secondary N) is 2. The normalized spacial score (nSPS) is 10.2. The minimum atomic E-state index is -0.728. The fourth-order valence-corrected chi connectivity index (χ4v) is 1.64. The maximum absolute atomic E-state index is 11.6. The molecule has 1 aromatic carbocycles. The second kappa shape index (κ2) is 8.68. The Hall–Kier alpha value is -1.44. The largest absolute Gasteiger partial charge is 0.394 e. The number of rotatable bonds is 6. The molecule has 0 unspecified atom stereocenters. The number of hydrogen-bond donors (Lipinski definition) is 3. The van der Waals surface area contributed by atoms with E-state index in [1.165, 1.54) is 0 Å². The molecule has 1 aromatic rings. The average Bonchev–Trinajstić information content (AvgIpc) is 2.42. The van der Waals surface area contributed by atoms with E-state index in [2.05, 4.69) is 26.6 Å². The summed E-state index contributed by atoms with van der Waals surface area (Å²) in [6.07, 6.45) is 0. The van der Waals surface area contributed by atoms with E-state index < -0.39 is 11.8 Å². The maximum Gasteiger partial charge on any atom is 0.313 e. The third-order valence-corrected chi connectivity index (χ3v) is 3.28. The molecule has 0 saturated carbocycles. The predicted octanol–water partition coefficient (Wildman–Crippen LogP) is 0.821. The van der Waals surface area contributed by atoms with Crippen molar-refractivity contribution >= 4 is 33.4 Å². The van der Waals surface area contributed by atoms with Crippen LogP contribution in [0, 0.1) is 6.92 Å². The van der Waals surface area contributed by atoms with E-state index in [-0.39, 0.29) is 26.4 Å². The summed E-state index contributed by atoms with van der Waals surface area (Å²) in [5.74, 6) is -1.45. The van der Waals surface area contributed by atoms with Crippen LogP contribution in [0.5, 0.6) is 0 Å². The molecule has 0 spiro atoms. The molecule has 0 aliphatic heterocycles. The fourth-order valence-electron chi connectivity index (χ4n) is 1.39. The second-order valence-corrected chi connectivity index (χ2v) is 4.86. The third-order valence-electron chi connectivity index (χ3n) is 2.39. The molecule has 0 aliphatic rings. The number of benzene rings is 1. The predicted molar refractivity (Wildman–Crippen MR) is 78.4 cm³/mol. The molecule has 0 fully saturated rings. The molecule has 3 N–H and O–H groups in total. The molecule has 1 rings (SSSR count). The highest BCUT2D eigenvalue weighted by molar-refractivity contribution is 9.10. The van der Waals surface area contributed by atoms with E-state index in [0.717, 1.165) is 10.0 Å². The number of hydrogen-bond acceptors (Lipinski definition) is 4. The highest BCUT2D eigenvalue weighted by Crippen LogP contribution is 2.19. The summed E-state index contributed by atoms with van der Waals surface area (Å²) in [5, 5.41) is 13.4. The summed E-state index contributed by atoms with van der Waals surface area (Å²) in [6.45, 7) is 2.48. The Balaban J connectivity index is 2.37. The van der Waals surface area contributed by atoms with Crippen molar-refractivity contribution in [2.24, 2.45) is 0 Å². The molecule has 0 saturated heterocycles. The molecule has 6 nitrogen and oxygen atoms in total. The molecule has 0 atom stereocenters. The number of aryl methyl sites for hydroxylation is 1. The van der Waals surface area contributed by atoms with E-state index in [9.17, 15) is 9.59 Å². The minimum absolute atomic E-state index is 0.0721. The maximum atomic E-state index is 11.6. The van der Waals surface area contributed by atoms with Crippen molar-refractivity contribution in [1.82, 2.24) is 5.32 Å². The molecule has 2 amide bonds. The fraction of sp³-hybridized carbons (Fsp3) is 0.385. The van der Waals surface area contributed by atoms with Crippen molar-refractivity contribution in [1.29, 1.82) is 0 Å². The first-order valence-corrected chi connectivity index (χ1v) is 6.88. The Morgan fingerprint density at radius 3 is 2.70 bits per heavy atom. The van der Waals surface area contributed by atoms with Crippen LogP contribution in [0.4, 0.5) is 5.69 Å². The standard InChI is InChI=1S/C13H17BrN2O4/c1-9-8-10(2-3-11(9)14)16-13(19)12(18)15-4-6-20-7-5-17/h2-3,8,17H,4-7H2,1H3,(H,15,18)(H,16,19). The average molecular weight is 345 g/mol. The van der Waals surface area contributed by atoms with E-state index in [4.69, 9.17) is 9.84 Å². The van der Waals surface area contributed by atoms with Crippen LogP contribution in [0.15, 0.2) is 22.7 Å². The van der Waals surface area contributed by atoms with Crippen LogP contribution in [-0.2, 0) is 14.3 Å². The quantitative estimate of drug-likeness (QED) is 0.526. The monoisotopic (exact) mass is 344 g/mol. The zero-order valence-electron chi connectivity index (χ0n) is 11.1. The van der Waals surface area contributed by atoms with Crippen LogP contribution in [0.3, 0.4) is 0 Å². The van der Waals surface area contributed by atoms with Gasteiger partial charge in [-0.1, -0.05) is 15.9 Å². The Kier molecular flexibility index (Phi) is 7.21. The van der Waals surface area contributed by atoms with Crippen LogP contribution in [0.1, 0.15) is 5.56 Å². The number of carbonyl (C=O) groups excluding carboxylic acids is 2. The van der Waals surface area contributed by atoms with Gasteiger partial charge >= 0.3 is 11.8 Å². The van der Waals surface area contributed by atoms with Gasteiger partial charge in [0, 0.05) is 16.7 Å². The highest BCUT2D eigenvalue weighted by atomic mass is 79.9. The van der Waals surface area contributed by atoms with Crippen molar-refractivity contribution in [3.05, 3.63) is 28.2 Å². The Morgan fingerprint density at radius 2 is 2.05 bits per heavy atom. The molecule has 0 bridgehead atoms. The number of carbonyl (C=O) groups is 2. The van der Waals surface area contributed by atoms with Crippen LogP contribution in [0.2, 0.25) is 0 Å².